The van der Waals surface area contributed by atoms with E-state index in [1.807, 2.05) is 12.3 Å². The Hall–Kier alpha value is -1.78. The quantitative estimate of drug-likeness (QED) is 0.715. The minimum atomic E-state index is 0.151. The van der Waals surface area contributed by atoms with Gasteiger partial charge in [0.05, 0.1) is 23.8 Å². The molecule has 1 unspecified atom stereocenters. The fourth-order valence-electron chi connectivity index (χ4n) is 1.97. The van der Waals surface area contributed by atoms with Crippen molar-refractivity contribution in [3.8, 4) is 0 Å². The minimum absolute atomic E-state index is 0.151. The number of anilines is 2. The van der Waals surface area contributed by atoms with E-state index in [9.17, 15) is 4.79 Å². The van der Waals surface area contributed by atoms with E-state index in [1.54, 1.807) is 6.20 Å². The highest BCUT2D eigenvalue weighted by atomic mass is 16.1. The van der Waals surface area contributed by atoms with Gasteiger partial charge in [-0.15, -0.1) is 0 Å². The third-order valence-electron chi connectivity index (χ3n) is 2.95. The fraction of sp³-hybridized carbons (Fsp3) is 0.538. The average Bonchev–Trinajstić information content (AvgIpc) is 2.80. The van der Waals surface area contributed by atoms with Gasteiger partial charge < -0.3 is 16.0 Å². The number of hydrogen-bond acceptors (Lipinski definition) is 4. The molecule has 1 aliphatic heterocycles. The highest BCUT2D eigenvalue weighted by Crippen LogP contribution is 2.14. The van der Waals surface area contributed by atoms with Crippen LogP contribution in [0.25, 0.3) is 0 Å². The van der Waals surface area contributed by atoms with Crippen molar-refractivity contribution < 1.29 is 4.79 Å². The monoisotopic (exact) mass is 248 g/mol. The van der Waals surface area contributed by atoms with Gasteiger partial charge in [-0.25, -0.2) is 0 Å². The highest BCUT2D eigenvalue weighted by molar-refractivity contribution is 5.78. The van der Waals surface area contributed by atoms with Gasteiger partial charge >= 0.3 is 0 Å². The SMILES string of the molecule is CCCNc1cncc(NCC2CCC(=O)N2)c1. The number of carbonyl (C=O) groups is 1. The average molecular weight is 248 g/mol. The topological polar surface area (TPSA) is 66.0 Å². The van der Waals surface area contributed by atoms with Gasteiger partial charge in [-0.05, 0) is 18.9 Å². The molecule has 5 heteroatoms. The van der Waals surface area contributed by atoms with Crippen LogP contribution in [0.3, 0.4) is 0 Å². The van der Waals surface area contributed by atoms with E-state index < -0.39 is 0 Å². The van der Waals surface area contributed by atoms with E-state index in [1.165, 1.54) is 0 Å². The van der Waals surface area contributed by atoms with Crippen molar-refractivity contribution in [1.82, 2.24) is 10.3 Å². The molecule has 0 spiro atoms. The molecule has 2 heterocycles. The van der Waals surface area contributed by atoms with Crippen LogP contribution in [0.1, 0.15) is 26.2 Å². The fourth-order valence-corrected chi connectivity index (χ4v) is 1.97. The van der Waals surface area contributed by atoms with Gasteiger partial charge in [-0.1, -0.05) is 6.92 Å². The van der Waals surface area contributed by atoms with Gasteiger partial charge in [-0.2, -0.15) is 0 Å². The Morgan fingerprint density at radius 1 is 1.39 bits per heavy atom. The van der Waals surface area contributed by atoms with E-state index in [2.05, 4.69) is 27.9 Å². The molecule has 5 nitrogen and oxygen atoms in total. The number of carbonyl (C=O) groups excluding carboxylic acids is 1. The summed E-state index contributed by atoms with van der Waals surface area (Å²) in [5.41, 5.74) is 2.01. The maximum atomic E-state index is 11.1. The van der Waals surface area contributed by atoms with Crippen LogP contribution < -0.4 is 16.0 Å². The largest absolute Gasteiger partial charge is 0.384 e. The van der Waals surface area contributed by atoms with Gasteiger partial charge in [0.2, 0.25) is 5.91 Å². The van der Waals surface area contributed by atoms with Crippen LogP contribution in [0.4, 0.5) is 11.4 Å². The molecule has 0 saturated carbocycles. The van der Waals surface area contributed by atoms with Gasteiger partial charge in [0.15, 0.2) is 0 Å². The Morgan fingerprint density at radius 3 is 2.83 bits per heavy atom. The van der Waals surface area contributed by atoms with Crippen molar-refractivity contribution >= 4 is 17.3 Å². The van der Waals surface area contributed by atoms with Crippen LogP contribution in [0.15, 0.2) is 18.5 Å². The summed E-state index contributed by atoms with van der Waals surface area (Å²) in [6.45, 7) is 3.83. The van der Waals surface area contributed by atoms with E-state index in [0.29, 0.717) is 6.42 Å². The Balaban J connectivity index is 1.83. The molecule has 0 aromatic carbocycles. The predicted octanol–water partition coefficient (Wildman–Crippen LogP) is 1.59. The number of rotatable bonds is 6. The molecule has 3 N–H and O–H groups in total. The zero-order valence-corrected chi connectivity index (χ0v) is 10.7. The van der Waals surface area contributed by atoms with Crippen molar-refractivity contribution in [1.29, 1.82) is 0 Å². The predicted molar refractivity (Wildman–Crippen MR) is 72.7 cm³/mol. The zero-order valence-electron chi connectivity index (χ0n) is 10.7. The second-order valence-corrected chi connectivity index (χ2v) is 4.57. The lowest BCUT2D eigenvalue weighted by atomic mass is 10.2. The summed E-state index contributed by atoms with van der Waals surface area (Å²) in [5.74, 6) is 0.151. The summed E-state index contributed by atoms with van der Waals surface area (Å²) in [7, 11) is 0. The lowest BCUT2D eigenvalue weighted by Crippen LogP contribution is -2.31. The zero-order chi connectivity index (χ0) is 12.8. The Labute approximate surface area is 107 Å². The standard InChI is InChI=1S/C13H20N4O/c1-2-5-15-11-6-12(8-14-7-11)16-9-10-3-4-13(18)17-10/h6-8,10,15-16H,2-5,9H2,1H3,(H,17,18). The number of pyridine rings is 1. The van der Waals surface area contributed by atoms with Gasteiger partial charge in [-0.3, -0.25) is 9.78 Å². The number of hydrogen-bond donors (Lipinski definition) is 3. The molecule has 1 saturated heterocycles. The molecule has 0 radical (unpaired) electrons. The van der Waals surface area contributed by atoms with Crippen LogP contribution in [0.5, 0.6) is 0 Å². The molecule has 98 valence electrons. The Morgan fingerprint density at radius 2 is 2.17 bits per heavy atom. The molecule has 1 aromatic rings. The third kappa shape index (κ3) is 3.61. The molecule has 1 amide bonds. The molecule has 18 heavy (non-hydrogen) atoms. The Kier molecular flexibility index (Phi) is 4.39. The third-order valence-corrected chi connectivity index (χ3v) is 2.95. The summed E-state index contributed by atoms with van der Waals surface area (Å²) in [6, 6.07) is 2.28. The van der Waals surface area contributed by atoms with Crippen LogP contribution in [-0.4, -0.2) is 30.0 Å². The molecule has 2 rings (SSSR count). The summed E-state index contributed by atoms with van der Waals surface area (Å²) in [6.07, 6.45) is 6.26. The number of nitrogens with one attached hydrogen (secondary N) is 3. The van der Waals surface area contributed by atoms with Gasteiger partial charge in [0.1, 0.15) is 0 Å². The van der Waals surface area contributed by atoms with E-state index in [4.69, 9.17) is 0 Å². The van der Waals surface area contributed by atoms with Gasteiger partial charge in [0.25, 0.3) is 0 Å². The lowest BCUT2D eigenvalue weighted by molar-refractivity contribution is -0.119. The van der Waals surface area contributed by atoms with Crippen molar-refractivity contribution in [2.24, 2.45) is 0 Å². The second kappa shape index (κ2) is 6.23. The first kappa shape index (κ1) is 12.7. The second-order valence-electron chi connectivity index (χ2n) is 4.57. The molecule has 1 fully saturated rings. The van der Waals surface area contributed by atoms with E-state index >= 15 is 0 Å². The minimum Gasteiger partial charge on any atom is -0.384 e. The van der Waals surface area contributed by atoms with E-state index in [0.717, 1.165) is 37.3 Å². The first-order chi connectivity index (χ1) is 8.78. The normalized spacial score (nSPS) is 18.5. The van der Waals surface area contributed by atoms with Crippen LogP contribution in [0, 0.1) is 0 Å². The van der Waals surface area contributed by atoms with Crippen LogP contribution in [-0.2, 0) is 4.79 Å². The number of aromatic nitrogens is 1. The summed E-state index contributed by atoms with van der Waals surface area (Å²) in [4.78, 5) is 15.3. The van der Waals surface area contributed by atoms with Crippen molar-refractivity contribution in [3.05, 3.63) is 18.5 Å². The lowest BCUT2D eigenvalue weighted by Gasteiger charge is -2.13. The molecule has 0 aliphatic carbocycles. The van der Waals surface area contributed by atoms with Crippen molar-refractivity contribution in [2.45, 2.75) is 32.2 Å². The molecular formula is C13H20N4O. The smallest absolute Gasteiger partial charge is 0.220 e. The van der Waals surface area contributed by atoms with Crippen LogP contribution in [0.2, 0.25) is 0 Å². The maximum Gasteiger partial charge on any atom is 0.220 e. The first-order valence-electron chi connectivity index (χ1n) is 6.50. The molecule has 0 bridgehead atoms. The first-order valence-corrected chi connectivity index (χ1v) is 6.50. The van der Waals surface area contributed by atoms with Gasteiger partial charge in [0, 0.05) is 25.6 Å². The molecule has 1 atom stereocenters. The van der Waals surface area contributed by atoms with Crippen molar-refractivity contribution in [3.63, 3.8) is 0 Å². The Bertz CT molecular complexity index is 408. The summed E-state index contributed by atoms with van der Waals surface area (Å²) < 4.78 is 0. The number of nitrogens with zero attached hydrogens (tertiary/aromatic N) is 1. The molecule has 1 aliphatic rings. The summed E-state index contributed by atoms with van der Waals surface area (Å²) in [5, 5.41) is 9.54. The van der Waals surface area contributed by atoms with Crippen LogP contribution >= 0.6 is 0 Å². The highest BCUT2D eigenvalue weighted by Gasteiger charge is 2.19. The number of amides is 1. The maximum absolute atomic E-state index is 11.1. The molecule has 1 aromatic heterocycles. The molecular weight excluding hydrogens is 228 g/mol. The van der Waals surface area contributed by atoms with E-state index in [-0.39, 0.29) is 11.9 Å². The van der Waals surface area contributed by atoms with Crippen molar-refractivity contribution in [2.75, 3.05) is 23.7 Å². The summed E-state index contributed by atoms with van der Waals surface area (Å²) >= 11 is 0.